The van der Waals surface area contributed by atoms with Crippen molar-refractivity contribution in [3.05, 3.63) is 116 Å². The van der Waals surface area contributed by atoms with Crippen LogP contribution in [0.15, 0.2) is 82.8 Å². The van der Waals surface area contributed by atoms with Crippen LogP contribution in [0.1, 0.15) is 35.4 Å². The van der Waals surface area contributed by atoms with Crippen molar-refractivity contribution in [2.45, 2.75) is 31.8 Å². The Kier molecular flexibility index (Phi) is 6.98. The maximum absolute atomic E-state index is 15.2. The topological polar surface area (TPSA) is 109 Å². The minimum absolute atomic E-state index is 0.0114. The van der Waals surface area contributed by atoms with E-state index >= 15 is 4.39 Å². The first-order valence-corrected chi connectivity index (χ1v) is 13.5. The molecule has 41 heavy (non-hydrogen) atoms. The Morgan fingerprint density at radius 2 is 1.88 bits per heavy atom. The van der Waals surface area contributed by atoms with Crippen LogP contribution in [-0.2, 0) is 20.1 Å². The van der Waals surface area contributed by atoms with Gasteiger partial charge in [-0.15, -0.1) is 0 Å². The maximum Gasteiger partial charge on any atom is 0.274 e. The number of nitrogens with zero attached hydrogens (tertiary/aromatic N) is 3. The van der Waals surface area contributed by atoms with Crippen molar-refractivity contribution in [1.29, 1.82) is 0 Å². The van der Waals surface area contributed by atoms with Crippen LogP contribution in [0, 0.1) is 5.82 Å². The predicted molar refractivity (Wildman–Crippen MR) is 156 cm³/mol. The Morgan fingerprint density at radius 3 is 2.59 bits per heavy atom. The summed E-state index contributed by atoms with van der Waals surface area (Å²) < 4.78 is 18.0. The highest BCUT2D eigenvalue weighted by atomic mass is 19.1. The van der Waals surface area contributed by atoms with Crippen molar-refractivity contribution in [2.24, 2.45) is 7.05 Å². The number of pyridine rings is 3. The highest BCUT2D eigenvalue weighted by Crippen LogP contribution is 2.41. The van der Waals surface area contributed by atoms with Crippen molar-refractivity contribution in [3.8, 4) is 16.8 Å². The molecule has 0 unspecified atom stereocenters. The van der Waals surface area contributed by atoms with Crippen molar-refractivity contribution in [1.82, 2.24) is 14.1 Å². The van der Waals surface area contributed by atoms with Gasteiger partial charge in [-0.1, -0.05) is 24.3 Å². The average Bonchev–Trinajstić information content (AvgIpc) is 3.82. The van der Waals surface area contributed by atoms with Crippen LogP contribution in [0.3, 0.4) is 0 Å². The zero-order chi connectivity index (χ0) is 28.7. The zero-order valence-electron chi connectivity index (χ0n) is 22.5. The molecule has 3 aromatic heterocycles. The quantitative estimate of drug-likeness (QED) is 0.261. The van der Waals surface area contributed by atoms with E-state index in [1.165, 1.54) is 15.2 Å². The molecule has 8 nitrogen and oxygen atoms in total. The van der Waals surface area contributed by atoms with Gasteiger partial charge in [-0.3, -0.25) is 14.2 Å². The van der Waals surface area contributed by atoms with Gasteiger partial charge in [0.25, 0.3) is 11.1 Å². The smallest absolute Gasteiger partial charge is 0.274 e. The summed E-state index contributed by atoms with van der Waals surface area (Å²) >= 11 is 0. The Labute approximate surface area is 235 Å². The molecular formula is C32H29FN4O4. The first-order valence-electron chi connectivity index (χ1n) is 13.5. The van der Waals surface area contributed by atoms with Crippen molar-refractivity contribution >= 4 is 22.3 Å². The fourth-order valence-electron chi connectivity index (χ4n) is 5.29. The van der Waals surface area contributed by atoms with Gasteiger partial charge in [0.2, 0.25) is 0 Å². The highest BCUT2D eigenvalue weighted by Gasteiger charge is 2.25. The van der Waals surface area contributed by atoms with Gasteiger partial charge in [-0.25, -0.2) is 9.37 Å². The first kappa shape index (κ1) is 26.6. The molecular weight excluding hydrogens is 523 g/mol. The second kappa shape index (κ2) is 10.8. The molecule has 1 fully saturated rings. The first-order chi connectivity index (χ1) is 19.9. The summed E-state index contributed by atoms with van der Waals surface area (Å²) in [6.07, 6.45) is 7.45. The number of aryl methyl sites for hydroxylation is 1. The summed E-state index contributed by atoms with van der Waals surface area (Å²) in [5.74, 6) is 0.278. The number of hydrogen-bond acceptors (Lipinski definition) is 6. The largest absolute Gasteiger partial charge is 0.396 e. The Balaban J connectivity index is 1.43. The molecule has 0 atom stereocenters. The van der Waals surface area contributed by atoms with Gasteiger partial charge in [-0.2, -0.15) is 0 Å². The molecule has 3 N–H and O–H groups in total. The molecule has 0 aliphatic heterocycles. The van der Waals surface area contributed by atoms with Crippen molar-refractivity contribution in [2.75, 3.05) is 11.9 Å². The second-order valence-corrected chi connectivity index (χ2v) is 10.4. The summed E-state index contributed by atoms with van der Waals surface area (Å²) in [6.45, 7) is -0.372. The monoisotopic (exact) mass is 552 g/mol. The number of benzene rings is 2. The Bertz CT molecular complexity index is 1890. The average molecular weight is 553 g/mol. The number of rotatable bonds is 8. The lowest BCUT2D eigenvalue weighted by atomic mass is 9.98. The summed E-state index contributed by atoms with van der Waals surface area (Å²) in [4.78, 5) is 30.8. The van der Waals surface area contributed by atoms with E-state index in [4.69, 9.17) is 5.11 Å². The molecule has 9 heteroatoms. The number of fused-ring (bicyclic) bond motifs is 1. The lowest BCUT2D eigenvalue weighted by Crippen LogP contribution is -2.21. The van der Waals surface area contributed by atoms with Gasteiger partial charge >= 0.3 is 0 Å². The molecule has 0 bridgehead atoms. The molecule has 2 aromatic carbocycles. The molecule has 1 aliphatic rings. The van der Waals surface area contributed by atoms with E-state index in [1.807, 2.05) is 12.1 Å². The van der Waals surface area contributed by atoms with E-state index in [2.05, 4.69) is 10.3 Å². The van der Waals surface area contributed by atoms with E-state index < -0.39 is 18.0 Å². The highest BCUT2D eigenvalue weighted by molar-refractivity contribution is 5.84. The number of aliphatic hydroxyl groups excluding tert-OH is 2. The summed E-state index contributed by atoms with van der Waals surface area (Å²) in [5.41, 5.74) is 3.41. The molecule has 208 valence electrons. The number of aromatic nitrogens is 3. The lowest BCUT2D eigenvalue weighted by molar-refractivity contribution is 0.282. The summed E-state index contributed by atoms with van der Waals surface area (Å²) in [6, 6.07) is 15.6. The maximum atomic E-state index is 15.2. The zero-order valence-corrected chi connectivity index (χ0v) is 22.5. The molecule has 1 saturated carbocycles. The van der Waals surface area contributed by atoms with Gasteiger partial charge in [0.15, 0.2) is 0 Å². The van der Waals surface area contributed by atoms with Crippen molar-refractivity contribution in [3.63, 3.8) is 0 Å². The standard InChI is InChI=1S/C32H29FN4O4/c1-36-17-23(15-27(31(36)40)35-29-8-5-19(10-12-38)16-34-29)24-3-2-4-28(25(24)18-39)37-11-9-21-13-22(20-6-7-20)14-26(33)30(21)32(37)41/h2-5,8-9,11,13-17,20,38-39H,6-7,10,12,18H2,1H3,(H,34,35). The van der Waals surface area contributed by atoms with E-state index in [0.717, 1.165) is 24.0 Å². The van der Waals surface area contributed by atoms with Crippen LogP contribution in [0.5, 0.6) is 0 Å². The fourth-order valence-corrected chi connectivity index (χ4v) is 5.29. The van der Waals surface area contributed by atoms with Crippen LogP contribution < -0.4 is 16.4 Å². The van der Waals surface area contributed by atoms with Gasteiger partial charge < -0.3 is 20.1 Å². The number of anilines is 2. The number of aliphatic hydroxyl groups is 2. The van der Waals surface area contributed by atoms with Gasteiger partial charge in [0.05, 0.1) is 17.7 Å². The summed E-state index contributed by atoms with van der Waals surface area (Å²) in [7, 11) is 1.63. The van der Waals surface area contributed by atoms with Crippen molar-refractivity contribution < 1.29 is 14.6 Å². The summed E-state index contributed by atoms with van der Waals surface area (Å²) in [5, 5.41) is 23.2. The van der Waals surface area contributed by atoms with Crippen LogP contribution in [-0.4, -0.2) is 30.9 Å². The SMILES string of the molecule is Cn1cc(-c2cccc(-n3ccc4cc(C5CC5)cc(F)c4c3=O)c2CO)cc(Nc2ccc(CCO)cn2)c1=O. The van der Waals surface area contributed by atoms with Crippen LogP contribution in [0.4, 0.5) is 15.9 Å². The number of nitrogens with one attached hydrogen (secondary N) is 1. The minimum atomic E-state index is -0.544. The molecule has 0 saturated heterocycles. The molecule has 1 aliphatic carbocycles. The normalized spacial score (nSPS) is 13.1. The van der Waals surface area contributed by atoms with E-state index in [0.29, 0.717) is 45.9 Å². The number of halogens is 1. The van der Waals surface area contributed by atoms with Crippen LogP contribution >= 0.6 is 0 Å². The second-order valence-electron chi connectivity index (χ2n) is 10.4. The molecule has 6 rings (SSSR count). The molecule has 3 heterocycles. The van der Waals surface area contributed by atoms with Crippen LogP contribution in [0.2, 0.25) is 0 Å². The van der Waals surface area contributed by atoms with E-state index in [9.17, 15) is 14.7 Å². The predicted octanol–water partition coefficient (Wildman–Crippen LogP) is 4.54. The number of hydrogen-bond donors (Lipinski definition) is 3. The third-order valence-electron chi connectivity index (χ3n) is 7.58. The van der Waals surface area contributed by atoms with Gasteiger partial charge in [0, 0.05) is 43.4 Å². The lowest BCUT2D eigenvalue weighted by Gasteiger charge is -2.17. The fraction of sp³-hybridized carbons (Fsp3) is 0.219. The third-order valence-corrected chi connectivity index (χ3v) is 7.58. The third kappa shape index (κ3) is 5.05. The molecule has 0 radical (unpaired) electrons. The van der Waals surface area contributed by atoms with E-state index in [-0.39, 0.29) is 23.2 Å². The molecule has 0 spiro atoms. The van der Waals surface area contributed by atoms with E-state index in [1.54, 1.807) is 62.0 Å². The molecule has 5 aromatic rings. The van der Waals surface area contributed by atoms with Gasteiger partial charge in [0.1, 0.15) is 17.3 Å². The van der Waals surface area contributed by atoms with Gasteiger partial charge in [-0.05, 0) is 77.6 Å². The van der Waals surface area contributed by atoms with Crippen LogP contribution in [0.25, 0.3) is 27.6 Å². The minimum Gasteiger partial charge on any atom is -0.396 e. The molecule has 0 amide bonds. The Morgan fingerprint density at radius 1 is 1.05 bits per heavy atom. The Hall–Kier alpha value is -4.60.